The van der Waals surface area contributed by atoms with Crippen LogP contribution < -0.4 is 4.90 Å². The van der Waals surface area contributed by atoms with Crippen molar-refractivity contribution < 1.29 is 23.4 Å². The Kier molecular flexibility index (Phi) is 6.69. The van der Waals surface area contributed by atoms with Gasteiger partial charge in [0.15, 0.2) is 5.82 Å². The Morgan fingerprint density at radius 1 is 1.17 bits per heavy atom. The van der Waals surface area contributed by atoms with Crippen molar-refractivity contribution in [1.82, 2.24) is 24.8 Å². The molecule has 0 saturated carbocycles. The van der Waals surface area contributed by atoms with Crippen LogP contribution in [-0.4, -0.2) is 84.4 Å². The van der Waals surface area contributed by atoms with Gasteiger partial charge in [0.05, 0.1) is 49.6 Å². The van der Waals surface area contributed by atoms with E-state index in [-0.39, 0.29) is 11.9 Å². The molecule has 2 aliphatic heterocycles. The molecule has 1 amide bonds. The van der Waals surface area contributed by atoms with E-state index in [1.165, 1.54) is 12.1 Å². The number of nitrogens with one attached hydrogen (secondary N) is 1. The molecule has 0 bridgehead atoms. The van der Waals surface area contributed by atoms with Crippen molar-refractivity contribution in [2.45, 2.75) is 19.3 Å². The zero-order valence-electron chi connectivity index (χ0n) is 20.5. The van der Waals surface area contributed by atoms with Gasteiger partial charge in [-0.1, -0.05) is 6.92 Å². The first-order chi connectivity index (χ1) is 17.4. The summed E-state index contributed by atoms with van der Waals surface area (Å²) in [6.45, 7) is 4.25. The fourth-order valence-corrected chi connectivity index (χ4v) is 4.52. The number of carbonyl (C=O) groups excluding carboxylic acids is 1. The lowest BCUT2D eigenvalue weighted by molar-refractivity contribution is -0.251. The third-order valence-corrected chi connectivity index (χ3v) is 6.60. The molecule has 1 atom stereocenters. The number of H-pyrrole nitrogens is 1. The van der Waals surface area contributed by atoms with Gasteiger partial charge in [0.1, 0.15) is 5.82 Å². The zero-order chi connectivity index (χ0) is 25.3. The van der Waals surface area contributed by atoms with E-state index in [9.17, 15) is 9.18 Å². The van der Waals surface area contributed by atoms with E-state index in [1.54, 1.807) is 29.3 Å². The number of nitrogens with zero attached hydrogens (tertiary/aromatic N) is 5. The van der Waals surface area contributed by atoms with E-state index in [0.717, 1.165) is 12.0 Å². The number of morpholine rings is 1. The van der Waals surface area contributed by atoms with Gasteiger partial charge in [-0.25, -0.2) is 19.3 Å². The van der Waals surface area contributed by atoms with Crippen LogP contribution in [0.3, 0.4) is 0 Å². The highest BCUT2D eigenvalue weighted by Gasteiger charge is 2.44. The highest BCUT2D eigenvalue weighted by Crippen LogP contribution is 2.38. The molecule has 0 spiro atoms. The predicted molar refractivity (Wildman–Crippen MR) is 129 cm³/mol. The van der Waals surface area contributed by atoms with Crippen LogP contribution in [-0.2, 0) is 19.0 Å². The normalized spacial score (nSPS) is 24.5. The number of aromatic amines is 1. The SMILES string of the molecule is CN(C)c1nccc(-c2[nH]c(C3OCC(C)(C4COCCN4C=O)CO3)nc2-c2ccc(F)cc2)n1. The molecular formula is C25H29FN6O4. The van der Waals surface area contributed by atoms with Crippen LogP contribution in [0.25, 0.3) is 22.6 Å². The van der Waals surface area contributed by atoms with Crippen molar-refractivity contribution >= 4 is 12.4 Å². The lowest BCUT2D eigenvalue weighted by Crippen LogP contribution is -2.58. The van der Waals surface area contributed by atoms with Crippen LogP contribution >= 0.6 is 0 Å². The van der Waals surface area contributed by atoms with Crippen LogP contribution in [0, 0.1) is 11.2 Å². The fraction of sp³-hybridized carbons (Fsp3) is 0.440. The van der Waals surface area contributed by atoms with Gasteiger partial charge in [-0.3, -0.25) is 4.79 Å². The molecule has 2 saturated heterocycles. The van der Waals surface area contributed by atoms with Crippen molar-refractivity contribution in [1.29, 1.82) is 0 Å². The number of benzene rings is 1. The van der Waals surface area contributed by atoms with Gasteiger partial charge in [0, 0.05) is 37.8 Å². The maximum Gasteiger partial charge on any atom is 0.225 e. The summed E-state index contributed by atoms with van der Waals surface area (Å²) >= 11 is 0. The molecular weight excluding hydrogens is 467 g/mol. The standard InChI is InChI=1S/C25H29FN6O4/c1-25(19-12-34-11-10-32(19)15-33)13-35-23(36-14-25)22-29-20(16-4-6-17(26)7-5-16)21(30-22)18-8-9-27-24(28-18)31(2)3/h4-9,15,19,23H,10-14H2,1-3H3,(H,29,30). The zero-order valence-corrected chi connectivity index (χ0v) is 20.5. The van der Waals surface area contributed by atoms with Gasteiger partial charge in [0.2, 0.25) is 18.6 Å². The van der Waals surface area contributed by atoms with Gasteiger partial charge in [-0.2, -0.15) is 0 Å². The number of imidazole rings is 1. The van der Waals surface area contributed by atoms with Crippen LogP contribution in [0.15, 0.2) is 36.5 Å². The second-order valence-corrected chi connectivity index (χ2v) is 9.53. The summed E-state index contributed by atoms with van der Waals surface area (Å²) in [4.78, 5) is 32.2. The smallest absolute Gasteiger partial charge is 0.225 e. The number of hydrogen-bond donors (Lipinski definition) is 1. The predicted octanol–water partition coefficient (Wildman–Crippen LogP) is 2.65. The van der Waals surface area contributed by atoms with E-state index in [0.29, 0.717) is 61.8 Å². The first-order valence-corrected chi connectivity index (χ1v) is 11.8. The summed E-state index contributed by atoms with van der Waals surface area (Å²) < 4.78 is 31.5. The Morgan fingerprint density at radius 2 is 1.92 bits per heavy atom. The second kappa shape index (κ2) is 9.92. The molecule has 4 heterocycles. The maximum atomic E-state index is 13.6. The minimum absolute atomic E-state index is 0.142. The van der Waals surface area contributed by atoms with Crippen LogP contribution in [0.5, 0.6) is 0 Å². The van der Waals surface area contributed by atoms with Crippen molar-refractivity contribution in [3.05, 3.63) is 48.2 Å². The van der Waals surface area contributed by atoms with Gasteiger partial charge < -0.3 is 29.0 Å². The molecule has 0 aliphatic carbocycles. The Bertz CT molecular complexity index is 1210. The molecule has 2 fully saturated rings. The van der Waals surface area contributed by atoms with E-state index in [1.807, 2.05) is 25.9 Å². The molecule has 2 aromatic heterocycles. The Labute approximate surface area is 208 Å². The summed E-state index contributed by atoms with van der Waals surface area (Å²) in [5, 5.41) is 0. The van der Waals surface area contributed by atoms with Gasteiger partial charge in [-0.05, 0) is 30.3 Å². The summed E-state index contributed by atoms with van der Waals surface area (Å²) in [5.74, 6) is 0.690. The first kappa shape index (κ1) is 24.3. The number of halogens is 1. The third-order valence-electron chi connectivity index (χ3n) is 6.60. The summed E-state index contributed by atoms with van der Waals surface area (Å²) in [7, 11) is 3.73. The van der Waals surface area contributed by atoms with E-state index < -0.39 is 11.7 Å². The number of rotatable bonds is 6. The largest absolute Gasteiger partial charge is 0.377 e. The molecule has 10 nitrogen and oxygen atoms in total. The minimum atomic E-state index is -0.740. The van der Waals surface area contributed by atoms with Crippen molar-refractivity contribution in [3.8, 4) is 22.6 Å². The molecule has 190 valence electrons. The average Bonchev–Trinajstić information content (AvgIpc) is 3.35. The highest BCUT2D eigenvalue weighted by atomic mass is 19.1. The number of aromatic nitrogens is 4. The molecule has 5 rings (SSSR count). The number of hydrogen-bond acceptors (Lipinski definition) is 8. The van der Waals surface area contributed by atoms with E-state index >= 15 is 0 Å². The number of amides is 1. The topological polar surface area (TPSA) is 106 Å². The summed E-state index contributed by atoms with van der Waals surface area (Å²) in [5.41, 5.74) is 2.17. The van der Waals surface area contributed by atoms with Crippen LogP contribution in [0.1, 0.15) is 19.0 Å². The fourth-order valence-electron chi connectivity index (χ4n) is 4.52. The van der Waals surface area contributed by atoms with Crippen molar-refractivity contribution in [3.63, 3.8) is 0 Å². The van der Waals surface area contributed by atoms with Crippen molar-refractivity contribution in [2.24, 2.45) is 5.41 Å². The Morgan fingerprint density at radius 3 is 2.61 bits per heavy atom. The third kappa shape index (κ3) is 4.69. The Balaban J connectivity index is 1.44. The van der Waals surface area contributed by atoms with Gasteiger partial charge >= 0.3 is 0 Å². The van der Waals surface area contributed by atoms with Crippen LogP contribution in [0.4, 0.5) is 10.3 Å². The Hall–Kier alpha value is -3.41. The molecule has 36 heavy (non-hydrogen) atoms. The lowest BCUT2D eigenvalue weighted by atomic mass is 9.82. The van der Waals surface area contributed by atoms with E-state index in [4.69, 9.17) is 19.2 Å². The monoisotopic (exact) mass is 496 g/mol. The molecule has 1 unspecified atom stereocenters. The molecule has 11 heteroatoms. The summed E-state index contributed by atoms with van der Waals surface area (Å²) in [6.07, 6.45) is 1.80. The number of anilines is 1. The van der Waals surface area contributed by atoms with Gasteiger partial charge in [-0.15, -0.1) is 0 Å². The molecule has 2 aliphatic rings. The van der Waals surface area contributed by atoms with E-state index in [2.05, 4.69) is 15.0 Å². The first-order valence-electron chi connectivity index (χ1n) is 11.8. The molecule has 0 radical (unpaired) electrons. The minimum Gasteiger partial charge on any atom is -0.377 e. The number of carbonyl (C=O) groups is 1. The summed E-state index contributed by atoms with van der Waals surface area (Å²) in [6, 6.07) is 7.77. The van der Waals surface area contributed by atoms with Gasteiger partial charge in [0.25, 0.3) is 0 Å². The molecule has 1 N–H and O–H groups in total. The van der Waals surface area contributed by atoms with Crippen LogP contribution in [0.2, 0.25) is 0 Å². The molecule has 3 aromatic rings. The second-order valence-electron chi connectivity index (χ2n) is 9.53. The highest BCUT2D eigenvalue weighted by molar-refractivity contribution is 5.77. The average molecular weight is 497 g/mol. The lowest BCUT2D eigenvalue weighted by Gasteiger charge is -2.47. The van der Waals surface area contributed by atoms with Crippen molar-refractivity contribution in [2.75, 3.05) is 52.0 Å². The number of ether oxygens (including phenoxy) is 3. The molecule has 1 aromatic carbocycles. The quantitative estimate of drug-likeness (QED) is 0.520. The maximum absolute atomic E-state index is 13.6.